The third kappa shape index (κ3) is 6.88. The van der Waals surface area contributed by atoms with Crippen molar-refractivity contribution >= 4 is 0 Å². The van der Waals surface area contributed by atoms with Gasteiger partial charge in [-0.1, -0.05) is 25.8 Å². The minimum atomic E-state index is -0.532. The second-order valence-corrected chi connectivity index (χ2v) is 3.51. The van der Waals surface area contributed by atoms with Gasteiger partial charge in [-0.2, -0.15) is 0 Å². The van der Waals surface area contributed by atoms with Crippen molar-refractivity contribution in [2.24, 2.45) is 0 Å². The summed E-state index contributed by atoms with van der Waals surface area (Å²) in [5, 5.41) is 20.9. The molecule has 0 aromatic heterocycles. The molecule has 84 valence electrons. The van der Waals surface area contributed by atoms with E-state index in [2.05, 4.69) is 12.3 Å². The summed E-state index contributed by atoms with van der Waals surface area (Å²) < 4.78 is 0. The molecule has 0 bridgehead atoms. The molecule has 0 amide bonds. The van der Waals surface area contributed by atoms with E-state index in [4.69, 9.17) is 5.11 Å². The van der Waals surface area contributed by atoms with Gasteiger partial charge in [-0.25, -0.2) is 5.43 Å². The van der Waals surface area contributed by atoms with Gasteiger partial charge in [-0.15, -0.1) is 0 Å². The summed E-state index contributed by atoms with van der Waals surface area (Å²) >= 11 is 0. The maximum atomic E-state index is 11.1. The van der Waals surface area contributed by atoms with Gasteiger partial charge < -0.3 is 15.5 Å². The highest BCUT2D eigenvalue weighted by Crippen LogP contribution is 1.97. The second-order valence-electron chi connectivity index (χ2n) is 3.51. The minimum Gasteiger partial charge on any atom is -0.744 e. The van der Waals surface area contributed by atoms with Gasteiger partial charge in [0.05, 0.1) is 6.10 Å². The Balaban J connectivity index is 3.63. The molecule has 0 radical (unpaired) electrons. The van der Waals surface area contributed by atoms with Crippen LogP contribution in [0.5, 0.6) is 0 Å². The molecule has 0 spiro atoms. The van der Waals surface area contributed by atoms with Gasteiger partial charge in [0.1, 0.15) is 0 Å². The average molecular weight is 201 g/mol. The molecule has 0 heterocycles. The minimum absolute atomic E-state index is 0.233. The van der Waals surface area contributed by atoms with E-state index in [-0.39, 0.29) is 6.04 Å². The maximum Gasteiger partial charge on any atom is 0.0680 e. The maximum absolute atomic E-state index is 11.1. The van der Waals surface area contributed by atoms with E-state index < -0.39 is 6.10 Å². The fourth-order valence-electron chi connectivity index (χ4n) is 0.844. The first kappa shape index (κ1) is 13.4. The van der Waals surface area contributed by atoms with Gasteiger partial charge in [-0.3, -0.25) is 0 Å². The van der Waals surface area contributed by atoms with Crippen molar-refractivity contribution in [1.82, 2.24) is 10.6 Å². The third-order valence-electron chi connectivity index (χ3n) is 2.02. The Morgan fingerprint density at radius 3 is 2.64 bits per heavy atom. The number of rotatable bonds is 7. The number of allylic oxidation sites excluding steroid dienone is 1. The largest absolute Gasteiger partial charge is 0.744 e. The summed E-state index contributed by atoms with van der Waals surface area (Å²) in [4.78, 5) is 0. The van der Waals surface area contributed by atoms with Crippen LogP contribution in [0.25, 0.3) is 0 Å². The third-order valence-corrected chi connectivity index (χ3v) is 2.02. The molecular formula is C10H21N2O2-. The molecule has 2 N–H and O–H groups in total. The molecule has 2 unspecified atom stereocenters. The van der Waals surface area contributed by atoms with Crippen LogP contribution in [0.4, 0.5) is 0 Å². The van der Waals surface area contributed by atoms with Crippen molar-refractivity contribution in [3.05, 3.63) is 17.5 Å². The lowest BCUT2D eigenvalue weighted by molar-refractivity contribution is 0.123. The summed E-state index contributed by atoms with van der Waals surface area (Å²) in [7, 11) is 0. The summed E-state index contributed by atoms with van der Waals surface area (Å²) in [6.07, 6.45) is 5.89. The first-order chi connectivity index (χ1) is 6.57. The molecule has 0 aliphatic rings. The molecule has 4 nitrogen and oxygen atoms in total. The number of hydroxylamine groups is 1. The number of aliphatic hydroxyl groups is 1. The fourth-order valence-corrected chi connectivity index (χ4v) is 0.844. The van der Waals surface area contributed by atoms with E-state index in [0.29, 0.717) is 5.17 Å². The highest BCUT2D eigenvalue weighted by atomic mass is 16.5. The molecule has 0 rings (SSSR count). The van der Waals surface area contributed by atoms with Crippen LogP contribution in [-0.4, -0.2) is 22.4 Å². The summed E-state index contributed by atoms with van der Waals surface area (Å²) in [5.41, 5.74) is 2.60. The van der Waals surface area contributed by atoms with Crippen LogP contribution in [0.3, 0.4) is 0 Å². The highest BCUT2D eigenvalue weighted by molar-refractivity contribution is 4.82. The predicted octanol–water partition coefficient (Wildman–Crippen LogP) is 1.76. The van der Waals surface area contributed by atoms with Crippen LogP contribution in [0, 0.1) is 5.21 Å². The Labute approximate surface area is 86.2 Å². The van der Waals surface area contributed by atoms with Gasteiger partial charge in [0.2, 0.25) is 0 Å². The lowest BCUT2D eigenvalue weighted by Gasteiger charge is -2.31. The number of aliphatic hydroxyl groups excluding tert-OH is 1. The van der Waals surface area contributed by atoms with Crippen LogP contribution >= 0.6 is 0 Å². The van der Waals surface area contributed by atoms with E-state index in [1.54, 1.807) is 13.8 Å². The Morgan fingerprint density at radius 1 is 1.50 bits per heavy atom. The first-order valence-corrected chi connectivity index (χ1v) is 5.15. The number of unbranched alkanes of at least 4 members (excludes halogenated alkanes) is 2. The molecule has 4 heteroatoms. The monoisotopic (exact) mass is 201 g/mol. The van der Waals surface area contributed by atoms with E-state index in [9.17, 15) is 5.21 Å². The quantitative estimate of drug-likeness (QED) is 0.487. The zero-order valence-electron chi connectivity index (χ0n) is 9.23. The highest BCUT2D eigenvalue weighted by Gasteiger charge is 2.06. The first-order valence-electron chi connectivity index (χ1n) is 5.15. The van der Waals surface area contributed by atoms with Crippen molar-refractivity contribution in [2.45, 2.75) is 52.2 Å². The summed E-state index contributed by atoms with van der Waals surface area (Å²) in [5.74, 6) is 0. The van der Waals surface area contributed by atoms with E-state index in [0.717, 1.165) is 19.3 Å². The molecule has 0 aliphatic heterocycles. The van der Waals surface area contributed by atoms with Crippen molar-refractivity contribution in [3.63, 3.8) is 0 Å². The zero-order valence-corrected chi connectivity index (χ0v) is 9.23. The van der Waals surface area contributed by atoms with Crippen LogP contribution in [0.15, 0.2) is 12.3 Å². The van der Waals surface area contributed by atoms with Crippen molar-refractivity contribution in [1.29, 1.82) is 0 Å². The van der Waals surface area contributed by atoms with Crippen LogP contribution in [0.1, 0.15) is 40.0 Å². The van der Waals surface area contributed by atoms with Gasteiger partial charge in [0, 0.05) is 6.04 Å². The second kappa shape index (κ2) is 7.79. The summed E-state index contributed by atoms with van der Waals surface area (Å²) in [6, 6.07) is -0.233. The number of hydrogen-bond acceptors (Lipinski definition) is 4. The van der Waals surface area contributed by atoms with Crippen LogP contribution in [-0.2, 0) is 0 Å². The molecule has 0 aliphatic carbocycles. The van der Waals surface area contributed by atoms with E-state index in [1.807, 2.05) is 6.08 Å². The molecule has 2 atom stereocenters. The predicted molar refractivity (Wildman–Crippen MR) is 58.1 cm³/mol. The van der Waals surface area contributed by atoms with Crippen molar-refractivity contribution < 1.29 is 5.11 Å². The standard InChI is InChI=1S/C10H21N2O2/c1-4-5-6-7-8-12(14)11-9(2)10(3)13/h7-11,13H,4-6H2,1-3H3/q-1. The van der Waals surface area contributed by atoms with Gasteiger partial charge in [-0.05, 0) is 26.5 Å². The van der Waals surface area contributed by atoms with Crippen LogP contribution in [0.2, 0.25) is 0 Å². The topological polar surface area (TPSA) is 58.6 Å². The Hall–Kier alpha value is -0.580. The number of hydrogen-bond donors (Lipinski definition) is 2. The summed E-state index contributed by atoms with van der Waals surface area (Å²) in [6.45, 7) is 5.51. The smallest absolute Gasteiger partial charge is 0.0680 e. The van der Waals surface area contributed by atoms with Crippen molar-refractivity contribution in [2.75, 3.05) is 0 Å². The zero-order chi connectivity index (χ0) is 11.0. The van der Waals surface area contributed by atoms with Crippen molar-refractivity contribution in [3.8, 4) is 0 Å². The Bertz CT molecular complexity index is 160. The van der Waals surface area contributed by atoms with Crippen LogP contribution < -0.4 is 5.43 Å². The lowest BCUT2D eigenvalue weighted by Crippen LogP contribution is -2.42. The SMILES string of the molecule is CCCCC=CN([O-])NC(C)C(C)O. The number of hydrazine groups is 1. The normalized spacial score (nSPS) is 15.8. The molecule has 0 saturated heterocycles. The number of nitrogens with zero attached hydrogens (tertiary/aromatic N) is 1. The average Bonchev–Trinajstić information content (AvgIpc) is 2.12. The molecular weight excluding hydrogens is 180 g/mol. The molecule has 0 aromatic carbocycles. The van der Waals surface area contributed by atoms with Gasteiger partial charge in [0.15, 0.2) is 0 Å². The molecule has 14 heavy (non-hydrogen) atoms. The number of nitrogens with one attached hydrogen (secondary N) is 1. The Kier molecular flexibility index (Phi) is 7.47. The van der Waals surface area contributed by atoms with Gasteiger partial charge >= 0.3 is 0 Å². The molecule has 0 fully saturated rings. The lowest BCUT2D eigenvalue weighted by atomic mass is 10.2. The van der Waals surface area contributed by atoms with Gasteiger partial charge in [0.25, 0.3) is 0 Å². The van der Waals surface area contributed by atoms with E-state index in [1.165, 1.54) is 6.20 Å². The van der Waals surface area contributed by atoms with E-state index >= 15 is 0 Å². The molecule has 0 aromatic rings. The molecule has 0 saturated carbocycles. The fraction of sp³-hybridized carbons (Fsp3) is 0.800. The Morgan fingerprint density at radius 2 is 2.14 bits per heavy atom.